The van der Waals surface area contributed by atoms with E-state index in [2.05, 4.69) is 9.74 Å². The first-order valence-electron chi connectivity index (χ1n) is 6.19. The van der Waals surface area contributed by atoms with E-state index in [9.17, 15) is 4.79 Å². The molecule has 18 heavy (non-hydrogen) atoms. The van der Waals surface area contributed by atoms with E-state index in [0.29, 0.717) is 6.61 Å². The highest BCUT2D eigenvalue weighted by Crippen LogP contribution is 2.08. The number of nitrogens with two attached hydrogens (primary N) is 1. The highest BCUT2D eigenvalue weighted by Gasteiger charge is 2.21. The Hall–Kier alpha value is -1.43. The largest absolute Gasteiger partial charge is 0.336 e. The van der Waals surface area contributed by atoms with E-state index in [1.807, 2.05) is 35.2 Å². The second-order valence-corrected chi connectivity index (χ2v) is 4.37. The van der Waals surface area contributed by atoms with Crippen LogP contribution >= 0.6 is 0 Å². The van der Waals surface area contributed by atoms with Crippen molar-refractivity contribution in [3.63, 3.8) is 0 Å². The Morgan fingerprint density at radius 2 is 1.83 bits per heavy atom. The van der Waals surface area contributed by atoms with Gasteiger partial charge in [-0.25, -0.2) is 5.90 Å². The molecule has 0 aromatic heterocycles. The van der Waals surface area contributed by atoms with Crippen molar-refractivity contribution in [3.05, 3.63) is 35.9 Å². The van der Waals surface area contributed by atoms with E-state index in [4.69, 9.17) is 5.90 Å². The molecule has 5 heteroatoms. The molecule has 1 aliphatic heterocycles. The monoisotopic (exact) mass is 249 g/mol. The Morgan fingerprint density at radius 3 is 2.44 bits per heavy atom. The van der Waals surface area contributed by atoms with Crippen LogP contribution < -0.4 is 5.90 Å². The zero-order valence-electron chi connectivity index (χ0n) is 10.4. The van der Waals surface area contributed by atoms with E-state index >= 15 is 0 Å². The van der Waals surface area contributed by atoms with Gasteiger partial charge in [-0.15, -0.1) is 0 Å². The normalized spacial score (nSPS) is 16.8. The molecule has 0 unspecified atom stereocenters. The summed E-state index contributed by atoms with van der Waals surface area (Å²) in [6.07, 6.45) is 0. The first kappa shape index (κ1) is 13.0. The second kappa shape index (κ2) is 6.49. The molecule has 0 radical (unpaired) electrons. The van der Waals surface area contributed by atoms with Gasteiger partial charge in [-0.3, -0.25) is 9.69 Å². The van der Waals surface area contributed by atoms with Crippen molar-refractivity contribution >= 4 is 5.91 Å². The van der Waals surface area contributed by atoms with Gasteiger partial charge in [0.05, 0.1) is 6.61 Å². The lowest BCUT2D eigenvalue weighted by molar-refractivity contribution is 0.0551. The van der Waals surface area contributed by atoms with Gasteiger partial charge < -0.3 is 9.74 Å². The average molecular weight is 249 g/mol. The fourth-order valence-corrected chi connectivity index (χ4v) is 2.12. The molecule has 98 valence electrons. The lowest BCUT2D eigenvalue weighted by Crippen LogP contribution is -2.49. The summed E-state index contributed by atoms with van der Waals surface area (Å²) in [4.78, 5) is 20.9. The van der Waals surface area contributed by atoms with Gasteiger partial charge in [0.1, 0.15) is 0 Å². The molecule has 0 bridgehead atoms. The zero-order valence-corrected chi connectivity index (χ0v) is 10.4. The number of hydrogen-bond acceptors (Lipinski definition) is 4. The Kier molecular flexibility index (Phi) is 4.69. The number of carbonyl (C=O) groups excluding carboxylic acids is 1. The van der Waals surface area contributed by atoms with E-state index in [-0.39, 0.29) is 5.91 Å². The summed E-state index contributed by atoms with van der Waals surface area (Å²) in [6, 6.07) is 9.42. The lowest BCUT2D eigenvalue weighted by atomic mass is 10.2. The van der Waals surface area contributed by atoms with Crippen LogP contribution in [0.5, 0.6) is 0 Å². The predicted molar refractivity (Wildman–Crippen MR) is 68.9 cm³/mol. The first-order chi connectivity index (χ1) is 8.81. The molecule has 5 nitrogen and oxygen atoms in total. The summed E-state index contributed by atoms with van der Waals surface area (Å²) in [6.45, 7) is 4.64. The molecular weight excluding hydrogens is 230 g/mol. The van der Waals surface area contributed by atoms with E-state index in [1.54, 1.807) is 0 Å². The maximum Gasteiger partial charge on any atom is 0.253 e. The third-order valence-electron chi connectivity index (χ3n) is 3.21. The van der Waals surface area contributed by atoms with Crippen molar-refractivity contribution in [3.8, 4) is 0 Å². The molecule has 1 aromatic rings. The number of nitrogens with zero attached hydrogens (tertiary/aromatic N) is 2. The van der Waals surface area contributed by atoms with Gasteiger partial charge in [-0.2, -0.15) is 0 Å². The predicted octanol–water partition coefficient (Wildman–Crippen LogP) is 0.335. The highest BCUT2D eigenvalue weighted by molar-refractivity contribution is 5.94. The minimum Gasteiger partial charge on any atom is -0.336 e. The number of carbonyl (C=O) groups is 1. The molecule has 1 saturated heterocycles. The van der Waals surface area contributed by atoms with Crippen molar-refractivity contribution in [1.82, 2.24) is 9.80 Å². The Morgan fingerprint density at radius 1 is 1.17 bits per heavy atom. The molecule has 1 amide bonds. The second-order valence-electron chi connectivity index (χ2n) is 4.37. The Bertz CT molecular complexity index is 375. The smallest absolute Gasteiger partial charge is 0.253 e. The molecule has 1 aromatic carbocycles. The van der Waals surface area contributed by atoms with Gasteiger partial charge in [0.15, 0.2) is 0 Å². The van der Waals surface area contributed by atoms with Crippen LogP contribution in [-0.4, -0.2) is 55.0 Å². The van der Waals surface area contributed by atoms with Crippen LogP contribution in [0.1, 0.15) is 10.4 Å². The standard InChI is InChI=1S/C13H19N3O2/c14-18-11-10-15-6-8-16(9-7-15)13(17)12-4-2-1-3-5-12/h1-5H,6-11,14H2. The van der Waals surface area contributed by atoms with Crippen molar-refractivity contribution in [2.45, 2.75) is 0 Å². The summed E-state index contributed by atoms with van der Waals surface area (Å²) >= 11 is 0. The van der Waals surface area contributed by atoms with Gasteiger partial charge in [-0.05, 0) is 12.1 Å². The molecular formula is C13H19N3O2. The third-order valence-corrected chi connectivity index (χ3v) is 3.21. The van der Waals surface area contributed by atoms with Crippen LogP contribution in [0.15, 0.2) is 30.3 Å². The molecule has 2 N–H and O–H groups in total. The fourth-order valence-electron chi connectivity index (χ4n) is 2.12. The number of piperazine rings is 1. The van der Waals surface area contributed by atoms with Gasteiger partial charge in [0.2, 0.25) is 0 Å². The molecule has 0 aliphatic carbocycles. The maximum absolute atomic E-state index is 12.2. The minimum absolute atomic E-state index is 0.116. The quantitative estimate of drug-likeness (QED) is 0.782. The topological polar surface area (TPSA) is 58.8 Å². The molecule has 2 rings (SSSR count). The zero-order chi connectivity index (χ0) is 12.8. The van der Waals surface area contributed by atoms with Gasteiger partial charge in [0.25, 0.3) is 5.91 Å². The number of amides is 1. The van der Waals surface area contributed by atoms with Crippen LogP contribution in [-0.2, 0) is 4.84 Å². The van der Waals surface area contributed by atoms with Crippen LogP contribution in [0.2, 0.25) is 0 Å². The van der Waals surface area contributed by atoms with Gasteiger partial charge in [0, 0.05) is 38.3 Å². The van der Waals surface area contributed by atoms with E-state index < -0.39 is 0 Å². The Labute approximate surface area is 107 Å². The van der Waals surface area contributed by atoms with E-state index in [0.717, 1.165) is 38.3 Å². The van der Waals surface area contributed by atoms with Crippen molar-refractivity contribution in [1.29, 1.82) is 0 Å². The first-order valence-corrected chi connectivity index (χ1v) is 6.19. The third kappa shape index (κ3) is 3.29. The average Bonchev–Trinajstić information content (AvgIpc) is 2.46. The summed E-state index contributed by atoms with van der Waals surface area (Å²) in [5.41, 5.74) is 0.760. The molecule has 1 aliphatic rings. The van der Waals surface area contributed by atoms with Crippen LogP contribution in [0.25, 0.3) is 0 Å². The summed E-state index contributed by atoms with van der Waals surface area (Å²) in [7, 11) is 0. The Balaban J connectivity index is 1.84. The van der Waals surface area contributed by atoms with Gasteiger partial charge >= 0.3 is 0 Å². The lowest BCUT2D eigenvalue weighted by Gasteiger charge is -2.34. The van der Waals surface area contributed by atoms with Crippen LogP contribution in [0.3, 0.4) is 0 Å². The summed E-state index contributed by atoms with van der Waals surface area (Å²) in [5.74, 6) is 5.12. The highest BCUT2D eigenvalue weighted by atomic mass is 16.6. The molecule has 0 saturated carbocycles. The molecule has 1 heterocycles. The number of rotatable bonds is 4. The van der Waals surface area contributed by atoms with Crippen molar-refractivity contribution < 1.29 is 9.63 Å². The van der Waals surface area contributed by atoms with Gasteiger partial charge in [-0.1, -0.05) is 18.2 Å². The van der Waals surface area contributed by atoms with Crippen molar-refractivity contribution in [2.75, 3.05) is 39.3 Å². The molecule has 0 atom stereocenters. The van der Waals surface area contributed by atoms with Crippen LogP contribution in [0.4, 0.5) is 0 Å². The van der Waals surface area contributed by atoms with Crippen LogP contribution in [0, 0.1) is 0 Å². The van der Waals surface area contributed by atoms with E-state index in [1.165, 1.54) is 0 Å². The maximum atomic E-state index is 12.2. The molecule has 1 fully saturated rings. The number of hydrogen-bond donors (Lipinski definition) is 1. The SMILES string of the molecule is NOCCN1CCN(C(=O)c2ccccc2)CC1. The fraction of sp³-hybridized carbons (Fsp3) is 0.462. The summed E-state index contributed by atoms with van der Waals surface area (Å²) < 4.78 is 0. The summed E-state index contributed by atoms with van der Waals surface area (Å²) in [5, 5.41) is 0. The van der Waals surface area contributed by atoms with Crippen molar-refractivity contribution in [2.24, 2.45) is 5.90 Å². The molecule has 0 spiro atoms. The minimum atomic E-state index is 0.116. The number of benzene rings is 1.